The molecule has 2 heterocycles. The maximum absolute atomic E-state index is 12.5. The third-order valence-electron chi connectivity index (χ3n) is 7.19. The number of rotatable bonds is 14. The minimum absolute atomic E-state index is 0. The van der Waals surface area contributed by atoms with Gasteiger partial charge in [-0.3, -0.25) is 9.11 Å². The van der Waals surface area contributed by atoms with Crippen molar-refractivity contribution in [2.75, 3.05) is 35.5 Å². The first-order valence-electron chi connectivity index (χ1n) is 15.6. The molecular weight excluding hydrogens is 787 g/mol. The maximum atomic E-state index is 12.5. The van der Waals surface area contributed by atoms with Crippen LogP contribution in [-0.2, 0) is 20.2 Å². The van der Waals surface area contributed by atoms with E-state index in [1.807, 2.05) is 36.4 Å². The van der Waals surface area contributed by atoms with Gasteiger partial charge in [-0.05, 0) is 59.7 Å². The summed E-state index contributed by atoms with van der Waals surface area (Å²) in [5, 5.41) is 11.8. The Morgan fingerprint density at radius 2 is 0.804 bits per heavy atom. The van der Waals surface area contributed by atoms with Crippen molar-refractivity contribution < 1.29 is 35.4 Å². The van der Waals surface area contributed by atoms with Gasteiger partial charge in [0.2, 0.25) is 23.8 Å². The van der Waals surface area contributed by atoms with E-state index in [4.69, 9.17) is 9.47 Å². The van der Waals surface area contributed by atoms with Crippen molar-refractivity contribution in [3.63, 3.8) is 0 Å². The molecule has 0 aliphatic heterocycles. The number of ether oxygens (including phenoxy) is 2. The van der Waals surface area contributed by atoms with Crippen molar-refractivity contribution in [2.45, 2.75) is 9.79 Å². The van der Waals surface area contributed by atoms with Crippen molar-refractivity contribution in [3.8, 4) is 12.0 Å². The van der Waals surface area contributed by atoms with Gasteiger partial charge in [-0.1, -0.05) is 60.7 Å². The van der Waals surface area contributed by atoms with Crippen LogP contribution in [0.2, 0.25) is 0 Å². The maximum Gasteiger partial charge on any atom is 0.322 e. The standard InChI is InChI=1S/C34H30N10O8S2.2Na/c1-51-33-41-29(35-23-9-5-3-6-10-23)39-31(43-33)37-25-17-15-21(27(19-25)53(45,46)47)13-14-22-16-18-26(20-28(22)54(48,49)50)38-32-40-30(42-34(44-32)52-2)36-24-11-7-4-8-12-24;;/h3-20H,1-2H3,(H,45,46,47)(H,48,49,50)(H2,35,37,39,41,43)(H2,36,38,40,42,44);;/b14-13+;;. The average molecular weight is 817 g/mol. The third kappa shape index (κ3) is 11.9. The minimum atomic E-state index is -4.82. The van der Waals surface area contributed by atoms with Crippen molar-refractivity contribution in [2.24, 2.45) is 0 Å². The number of methoxy groups -OCH3 is 2. The molecule has 0 saturated carbocycles. The zero-order chi connectivity index (χ0) is 38.3. The summed E-state index contributed by atoms with van der Waals surface area (Å²) in [5.41, 5.74) is 1.70. The predicted molar refractivity (Wildman–Crippen MR) is 212 cm³/mol. The second-order valence-corrected chi connectivity index (χ2v) is 13.7. The average Bonchev–Trinajstić information content (AvgIpc) is 3.14. The zero-order valence-electron chi connectivity index (χ0n) is 30.2. The second kappa shape index (κ2) is 19.4. The van der Waals surface area contributed by atoms with Gasteiger partial charge in [0, 0.05) is 81.9 Å². The van der Waals surface area contributed by atoms with Crippen molar-refractivity contribution >= 4 is 138 Å². The fourth-order valence-corrected chi connectivity index (χ4v) is 6.22. The number of hydrogen-bond donors (Lipinski definition) is 6. The molecule has 0 amide bonds. The van der Waals surface area contributed by atoms with E-state index >= 15 is 0 Å². The molecule has 0 bridgehead atoms. The zero-order valence-corrected chi connectivity index (χ0v) is 35.9. The molecule has 2 aromatic heterocycles. The molecule has 0 fully saturated rings. The summed E-state index contributed by atoms with van der Waals surface area (Å²) in [7, 11) is -6.90. The van der Waals surface area contributed by atoms with E-state index in [-0.39, 0.29) is 117 Å². The number of anilines is 8. The third-order valence-corrected chi connectivity index (χ3v) is 9.01. The summed E-state index contributed by atoms with van der Waals surface area (Å²) in [4.78, 5) is 24.2. The number of nitrogens with one attached hydrogen (secondary N) is 4. The molecule has 278 valence electrons. The Morgan fingerprint density at radius 1 is 0.482 bits per heavy atom. The molecule has 18 nitrogen and oxygen atoms in total. The van der Waals surface area contributed by atoms with E-state index in [2.05, 4.69) is 51.2 Å². The monoisotopic (exact) mass is 816 g/mol. The van der Waals surface area contributed by atoms with Gasteiger partial charge in [-0.25, -0.2) is 0 Å². The van der Waals surface area contributed by atoms with Crippen LogP contribution in [0.1, 0.15) is 11.1 Å². The smallest absolute Gasteiger partial charge is 0.322 e. The Bertz CT molecular complexity index is 2380. The largest absolute Gasteiger partial charge is 0.467 e. The fourth-order valence-electron chi connectivity index (χ4n) is 4.80. The number of aromatic nitrogens is 6. The molecule has 0 saturated heterocycles. The fraction of sp³-hybridized carbons (Fsp3) is 0.0588. The quantitative estimate of drug-likeness (QED) is 0.0483. The van der Waals surface area contributed by atoms with Gasteiger partial charge in [-0.2, -0.15) is 46.7 Å². The molecule has 0 atom stereocenters. The van der Waals surface area contributed by atoms with Crippen LogP contribution in [0.5, 0.6) is 12.0 Å². The van der Waals surface area contributed by atoms with Gasteiger partial charge < -0.3 is 30.7 Å². The van der Waals surface area contributed by atoms with E-state index in [9.17, 15) is 25.9 Å². The first-order valence-corrected chi connectivity index (χ1v) is 18.4. The molecule has 0 unspecified atom stereocenters. The molecule has 6 aromatic rings. The number of hydrogen-bond acceptors (Lipinski definition) is 16. The van der Waals surface area contributed by atoms with Gasteiger partial charge >= 0.3 is 12.0 Å². The van der Waals surface area contributed by atoms with Gasteiger partial charge in [0.25, 0.3) is 20.2 Å². The number of benzene rings is 4. The van der Waals surface area contributed by atoms with E-state index < -0.39 is 30.0 Å². The van der Waals surface area contributed by atoms with E-state index in [0.717, 1.165) is 12.1 Å². The summed E-state index contributed by atoms with van der Waals surface area (Å²) in [6, 6.07) is 26.1. The summed E-state index contributed by atoms with van der Waals surface area (Å²) in [6.45, 7) is 0. The Morgan fingerprint density at radius 3 is 1.11 bits per heavy atom. The first-order chi connectivity index (χ1) is 25.9. The molecule has 56 heavy (non-hydrogen) atoms. The Hall–Kier alpha value is -4.74. The molecule has 2 radical (unpaired) electrons. The SMILES string of the molecule is COc1nc(Nc2ccccc2)nc(Nc2ccc(/C=C/c3ccc(Nc4nc(Nc5ccccc5)nc(OC)n4)cc3S(=O)(=O)O)c(S(=O)(=O)O)c2)n1.[Na].[Na]. The van der Waals surface area contributed by atoms with Crippen molar-refractivity contribution in [1.82, 2.24) is 29.9 Å². The van der Waals surface area contributed by atoms with Crippen molar-refractivity contribution in [1.29, 1.82) is 0 Å². The summed E-state index contributed by atoms with van der Waals surface area (Å²) in [6.07, 6.45) is 2.52. The normalized spacial score (nSPS) is 11.1. The van der Waals surface area contributed by atoms with Crippen LogP contribution < -0.4 is 30.7 Å². The second-order valence-electron chi connectivity index (χ2n) is 11.0. The van der Waals surface area contributed by atoms with E-state index in [1.165, 1.54) is 50.6 Å². The summed E-state index contributed by atoms with van der Waals surface area (Å²) in [5.74, 6) is 0.268. The topological polar surface area (TPSA) is 253 Å². The van der Waals surface area contributed by atoms with Crippen molar-refractivity contribution in [3.05, 3.63) is 108 Å². The van der Waals surface area contributed by atoms with Gasteiger partial charge in [0.05, 0.1) is 14.2 Å². The molecular formula is C34H30N10Na2O8S2. The van der Waals surface area contributed by atoms with Crippen LogP contribution in [0.25, 0.3) is 12.2 Å². The van der Waals surface area contributed by atoms with Gasteiger partial charge in [0.1, 0.15) is 9.79 Å². The molecule has 6 N–H and O–H groups in total. The molecule has 0 aliphatic carbocycles. The summed E-state index contributed by atoms with van der Waals surface area (Å²) >= 11 is 0. The number of para-hydroxylation sites is 2. The molecule has 22 heteroatoms. The van der Waals surface area contributed by atoms with Crippen LogP contribution in [0, 0.1) is 0 Å². The molecule has 0 spiro atoms. The number of nitrogens with zero attached hydrogens (tertiary/aromatic N) is 6. The Balaban J connectivity index is 0.00000348. The Kier molecular flexibility index (Phi) is 15.2. The van der Waals surface area contributed by atoms with Crippen LogP contribution >= 0.6 is 0 Å². The van der Waals surface area contributed by atoms with Crippen LogP contribution in [0.4, 0.5) is 46.5 Å². The Labute approximate surface area is 365 Å². The van der Waals surface area contributed by atoms with Crippen LogP contribution in [0.3, 0.4) is 0 Å². The molecule has 4 aromatic carbocycles. The summed E-state index contributed by atoms with van der Waals surface area (Å²) < 4.78 is 80.6. The van der Waals surface area contributed by atoms with Gasteiger partial charge in [0.15, 0.2) is 0 Å². The van der Waals surface area contributed by atoms with Crippen LogP contribution in [-0.4, -0.2) is 129 Å². The first kappa shape index (κ1) is 44.0. The van der Waals surface area contributed by atoms with E-state index in [0.29, 0.717) is 11.4 Å². The predicted octanol–water partition coefficient (Wildman–Crippen LogP) is 4.95. The molecule has 0 aliphatic rings. The molecule has 6 rings (SSSR count). The van der Waals surface area contributed by atoms with E-state index in [1.54, 1.807) is 24.3 Å². The van der Waals surface area contributed by atoms with Gasteiger partial charge in [-0.15, -0.1) is 0 Å². The van der Waals surface area contributed by atoms with Crippen LogP contribution in [0.15, 0.2) is 107 Å². The minimum Gasteiger partial charge on any atom is -0.467 e.